The summed E-state index contributed by atoms with van der Waals surface area (Å²) >= 11 is 1.38. The molecule has 1 amide bonds. The third-order valence-electron chi connectivity index (χ3n) is 4.50. The lowest BCUT2D eigenvalue weighted by Gasteiger charge is -2.12. The molecule has 0 aliphatic carbocycles. The fraction of sp³-hybridized carbons (Fsp3) is 0.261. The quantitative estimate of drug-likeness (QED) is 0.617. The highest BCUT2D eigenvalue weighted by molar-refractivity contribution is 8.18. The van der Waals surface area contributed by atoms with Gasteiger partial charge in [0.1, 0.15) is 6.61 Å². The van der Waals surface area contributed by atoms with Crippen molar-refractivity contribution in [2.45, 2.75) is 20.5 Å². The van der Waals surface area contributed by atoms with Gasteiger partial charge in [-0.15, -0.1) is 0 Å². The molecule has 2 aromatic carbocycles. The Bertz CT molecular complexity index is 1040. The first-order chi connectivity index (χ1) is 14.6. The number of aliphatic imine (C=N–C) groups is 1. The topological polar surface area (TPSA) is 74.9 Å². The molecule has 0 unspecified atom stereocenters. The van der Waals surface area contributed by atoms with Crippen LogP contribution in [0.15, 0.2) is 52.4 Å². The zero-order valence-corrected chi connectivity index (χ0v) is 18.0. The number of nitriles is 1. The van der Waals surface area contributed by atoms with Crippen LogP contribution in [0.1, 0.15) is 30.5 Å². The van der Waals surface area contributed by atoms with Gasteiger partial charge in [-0.3, -0.25) is 14.7 Å². The molecule has 1 aliphatic heterocycles. The molecule has 0 N–H and O–H groups in total. The molecular weight excluding hydrogens is 398 g/mol. The molecule has 0 bridgehead atoms. The smallest absolute Gasteiger partial charge is 0.266 e. The number of rotatable bonds is 7. The van der Waals surface area contributed by atoms with E-state index in [1.165, 1.54) is 11.8 Å². The summed E-state index contributed by atoms with van der Waals surface area (Å²) in [6.45, 7) is 5.37. The number of nitrogens with zero attached hydrogens (tertiary/aromatic N) is 3. The summed E-state index contributed by atoms with van der Waals surface area (Å²) in [6.07, 6.45) is 1.84. The van der Waals surface area contributed by atoms with Crippen molar-refractivity contribution >= 4 is 28.9 Å². The molecule has 6 nitrogen and oxygen atoms in total. The number of methoxy groups -OCH3 is 1. The summed E-state index contributed by atoms with van der Waals surface area (Å²) in [6, 6.07) is 15.0. The molecule has 2 aromatic rings. The van der Waals surface area contributed by atoms with Gasteiger partial charge in [0.05, 0.1) is 23.6 Å². The molecule has 1 heterocycles. The highest BCUT2D eigenvalue weighted by atomic mass is 32.2. The van der Waals surface area contributed by atoms with Crippen molar-refractivity contribution < 1.29 is 14.3 Å². The van der Waals surface area contributed by atoms with E-state index in [9.17, 15) is 10.1 Å². The summed E-state index contributed by atoms with van der Waals surface area (Å²) < 4.78 is 11.4. The summed E-state index contributed by atoms with van der Waals surface area (Å²) in [5.41, 5.74) is 2.23. The van der Waals surface area contributed by atoms with E-state index >= 15 is 0 Å². The van der Waals surface area contributed by atoms with Gasteiger partial charge in [0, 0.05) is 18.7 Å². The molecule has 0 atom stereocenters. The second-order valence-corrected chi connectivity index (χ2v) is 7.39. The predicted molar refractivity (Wildman–Crippen MR) is 119 cm³/mol. The first-order valence-corrected chi connectivity index (χ1v) is 10.5. The van der Waals surface area contributed by atoms with Gasteiger partial charge in [0.25, 0.3) is 5.91 Å². The third-order valence-corrected chi connectivity index (χ3v) is 5.55. The summed E-state index contributed by atoms with van der Waals surface area (Å²) in [7, 11) is 1.57. The van der Waals surface area contributed by atoms with Crippen LogP contribution in [0, 0.1) is 11.3 Å². The highest BCUT2D eigenvalue weighted by Crippen LogP contribution is 2.35. The third kappa shape index (κ3) is 4.66. The number of ether oxygens (including phenoxy) is 2. The number of benzene rings is 2. The van der Waals surface area contributed by atoms with Crippen LogP contribution in [0.4, 0.5) is 0 Å². The van der Waals surface area contributed by atoms with E-state index in [1.807, 2.05) is 56.3 Å². The van der Waals surface area contributed by atoms with Crippen LogP contribution < -0.4 is 9.47 Å². The Kier molecular flexibility index (Phi) is 7.15. The normalized spacial score (nSPS) is 16.2. The lowest BCUT2D eigenvalue weighted by atomic mass is 10.1. The molecule has 154 valence electrons. The molecule has 0 spiro atoms. The van der Waals surface area contributed by atoms with Crippen molar-refractivity contribution in [3.8, 4) is 17.6 Å². The van der Waals surface area contributed by atoms with E-state index in [2.05, 4.69) is 11.1 Å². The van der Waals surface area contributed by atoms with Gasteiger partial charge in [-0.1, -0.05) is 24.3 Å². The van der Waals surface area contributed by atoms with Crippen molar-refractivity contribution in [2.75, 3.05) is 20.2 Å². The van der Waals surface area contributed by atoms with Gasteiger partial charge in [-0.05, 0) is 55.4 Å². The first-order valence-electron chi connectivity index (χ1n) is 9.65. The Hall–Kier alpha value is -3.24. The number of likely N-dealkylation sites (N-methyl/N-ethyl adjacent to an activating group) is 1. The predicted octanol–water partition coefficient (Wildman–Crippen LogP) is 4.46. The molecule has 1 saturated heterocycles. The Balaban J connectivity index is 1.81. The Morgan fingerprint density at radius 1 is 1.20 bits per heavy atom. The molecule has 0 saturated carbocycles. The van der Waals surface area contributed by atoms with Gasteiger partial charge < -0.3 is 9.47 Å². The van der Waals surface area contributed by atoms with E-state index in [0.29, 0.717) is 35.1 Å². The molecule has 1 fully saturated rings. The molecule has 3 rings (SSSR count). The van der Waals surface area contributed by atoms with Crippen LogP contribution in [0.5, 0.6) is 11.5 Å². The average molecular weight is 422 g/mol. The largest absolute Gasteiger partial charge is 0.493 e. The zero-order chi connectivity index (χ0) is 21.5. The van der Waals surface area contributed by atoms with E-state index in [4.69, 9.17) is 9.47 Å². The number of carbonyl (C=O) groups is 1. The standard InChI is InChI=1S/C23H23N3O3S/c1-4-25-23-26(5-2)22(27)21(30-23)13-16-10-11-19(20(12-16)28-3)29-15-18-9-7-6-8-17(18)14-24/h6-13H,4-5,15H2,1-3H3. The number of thioether (sulfide) groups is 1. The summed E-state index contributed by atoms with van der Waals surface area (Å²) in [5.74, 6) is 1.09. The number of amides is 1. The van der Waals surface area contributed by atoms with Crippen molar-refractivity contribution in [1.82, 2.24) is 4.90 Å². The number of hydrogen-bond acceptors (Lipinski definition) is 6. The van der Waals surface area contributed by atoms with Crippen molar-refractivity contribution in [3.05, 3.63) is 64.1 Å². The molecule has 1 aliphatic rings. The van der Waals surface area contributed by atoms with Gasteiger partial charge in [0.2, 0.25) is 0 Å². The van der Waals surface area contributed by atoms with Crippen LogP contribution in [-0.4, -0.2) is 36.2 Å². The van der Waals surface area contributed by atoms with E-state index in [-0.39, 0.29) is 12.5 Å². The van der Waals surface area contributed by atoms with E-state index in [1.54, 1.807) is 18.1 Å². The second kappa shape index (κ2) is 9.99. The Morgan fingerprint density at radius 3 is 2.70 bits per heavy atom. The average Bonchev–Trinajstić information content (AvgIpc) is 3.07. The maximum atomic E-state index is 12.6. The molecule has 0 radical (unpaired) electrons. The minimum absolute atomic E-state index is 0.0397. The Morgan fingerprint density at radius 2 is 2.00 bits per heavy atom. The SMILES string of the molecule is CCN=C1SC(=Cc2ccc(OCc3ccccc3C#N)c(OC)c2)C(=O)N1CC. The fourth-order valence-corrected chi connectivity index (χ4v) is 4.10. The van der Waals surface area contributed by atoms with Gasteiger partial charge in [0.15, 0.2) is 16.7 Å². The monoisotopic (exact) mass is 421 g/mol. The lowest BCUT2D eigenvalue weighted by Crippen LogP contribution is -2.28. The number of amidine groups is 1. The van der Waals surface area contributed by atoms with Crippen LogP contribution in [-0.2, 0) is 11.4 Å². The van der Waals surface area contributed by atoms with Crippen LogP contribution in [0.3, 0.4) is 0 Å². The minimum atomic E-state index is -0.0397. The van der Waals surface area contributed by atoms with Crippen LogP contribution in [0.25, 0.3) is 6.08 Å². The van der Waals surface area contributed by atoms with Crippen LogP contribution >= 0.6 is 11.8 Å². The highest BCUT2D eigenvalue weighted by Gasteiger charge is 2.31. The van der Waals surface area contributed by atoms with E-state index < -0.39 is 0 Å². The van der Waals surface area contributed by atoms with Gasteiger partial charge in [-0.25, -0.2) is 0 Å². The second-order valence-electron chi connectivity index (χ2n) is 6.38. The minimum Gasteiger partial charge on any atom is -0.493 e. The lowest BCUT2D eigenvalue weighted by molar-refractivity contribution is -0.122. The molecule has 7 heteroatoms. The Labute approximate surface area is 180 Å². The summed E-state index contributed by atoms with van der Waals surface area (Å²) in [4.78, 5) is 19.4. The fourth-order valence-electron chi connectivity index (χ4n) is 3.00. The maximum absolute atomic E-state index is 12.6. The number of hydrogen-bond donors (Lipinski definition) is 0. The number of carbonyl (C=O) groups excluding carboxylic acids is 1. The van der Waals surface area contributed by atoms with Crippen molar-refractivity contribution in [3.63, 3.8) is 0 Å². The van der Waals surface area contributed by atoms with Gasteiger partial charge >= 0.3 is 0 Å². The zero-order valence-electron chi connectivity index (χ0n) is 17.2. The summed E-state index contributed by atoms with van der Waals surface area (Å²) in [5, 5.41) is 9.96. The molecular formula is C23H23N3O3S. The van der Waals surface area contributed by atoms with Crippen molar-refractivity contribution in [2.24, 2.45) is 4.99 Å². The molecule has 30 heavy (non-hydrogen) atoms. The maximum Gasteiger partial charge on any atom is 0.266 e. The van der Waals surface area contributed by atoms with Crippen molar-refractivity contribution in [1.29, 1.82) is 5.26 Å². The first kappa shape index (κ1) is 21.5. The van der Waals surface area contributed by atoms with E-state index in [0.717, 1.165) is 16.3 Å². The van der Waals surface area contributed by atoms with Gasteiger partial charge in [-0.2, -0.15) is 5.26 Å². The van der Waals surface area contributed by atoms with Crippen LogP contribution in [0.2, 0.25) is 0 Å². The molecule has 0 aromatic heterocycles.